The second-order valence-electron chi connectivity index (χ2n) is 4.43. The van der Waals surface area contributed by atoms with Crippen LogP contribution in [0.1, 0.15) is 28.1 Å². The van der Waals surface area contributed by atoms with Crippen LogP contribution in [-0.4, -0.2) is 22.3 Å². The van der Waals surface area contributed by atoms with Gasteiger partial charge in [0.25, 0.3) is 5.91 Å². The smallest absolute Gasteiger partial charge is 0.290 e. The SMILES string of the molecule is Cc1ccoc1C(=O)N(CCC#N)Cc1cccnc1. The van der Waals surface area contributed by atoms with Gasteiger partial charge in [0.05, 0.1) is 18.8 Å². The van der Waals surface area contributed by atoms with Gasteiger partial charge in [-0.1, -0.05) is 6.07 Å². The van der Waals surface area contributed by atoms with E-state index >= 15 is 0 Å². The van der Waals surface area contributed by atoms with Crippen molar-refractivity contribution in [2.75, 3.05) is 6.54 Å². The molecule has 0 radical (unpaired) electrons. The van der Waals surface area contributed by atoms with Crippen molar-refractivity contribution in [3.05, 3.63) is 53.7 Å². The summed E-state index contributed by atoms with van der Waals surface area (Å²) in [6.45, 7) is 2.60. The molecule has 0 aromatic carbocycles. The van der Waals surface area contributed by atoms with Crippen molar-refractivity contribution in [3.63, 3.8) is 0 Å². The zero-order valence-electron chi connectivity index (χ0n) is 11.2. The molecule has 0 fully saturated rings. The highest BCUT2D eigenvalue weighted by Gasteiger charge is 2.20. The van der Waals surface area contributed by atoms with Gasteiger partial charge in [-0.15, -0.1) is 0 Å². The van der Waals surface area contributed by atoms with Gasteiger partial charge in [0, 0.05) is 31.0 Å². The third-order valence-corrected chi connectivity index (χ3v) is 2.93. The van der Waals surface area contributed by atoms with Crippen molar-refractivity contribution in [2.45, 2.75) is 19.9 Å². The Morgan fingerprint density at radius 1 is 1.50 bits per heavy atom. The molecule has 0 saturated carbocycles. The van der Waals surface area contributed by atoms with Gasteiger partial charge >= 0.3 is 0 Å². The molecule has 0 bridgehead atoms. The van der Waals surface area contributed by atoms with E-state index in [1.807, 2.05) is 19.1 Å². The van der Waals surface area contributed by atoms with Gasteiger partial charge in [-0.2, -0.15) is 5.26 Å². The fourth-order valence-electron chi connectivity index (χ4n) is 1.88. The van der Waals surface area contributed by atoms with Crippen LogP contribution >= 0.6 is 0 Å². The molecule has 2 rings (SSSR count). The van der Waals surface area contributed by atoms with Gasteiger partial charge in [-0.25, -0.2) is 0 Å². The molecule has 0 unspecified atom stereocenters. The summed E-state index contributed by atoms with van der Waals surface area (Å²) < 4.78 is 5.23. The number of aryl methyl sites for hydroxylation is 1. The first-order valence-electron chi connectivity index (χ1n) is 6.31. The molecule has 0 aliphatic carbocycles. The number of nitrogens with zero attached hydrogens (tertiary/aromatic N) is 3. The van der Waals surface area contributed by atoms with Crippen LogP contribution in [0.25, 0.3) is 0 Å². The van der Waals surface area contributed by atoms with Crippen LogP contribution in [0, 0.1) is 18.3 Å². The van der Waals surface area contributed by atoms with Gasteiger partial charge in [0.1, 0.15) is 0 Å². The fraction of sp³-hybridized carbons (Fsp3) is 0.267. The zero-order valence-corrected chi connectivity index (χ0v) is 11.2. The molecule has 102 valence electrons. The van der Waals surface area contributed by atoms with E-state index in [-0.39, 0.29) is 12.3 Å². The maximum atomic E-state index is 12.4. The van der Waals surface area contributed by atoms with Crippen molar-refractivity contribution < 1.29 is 9.21 Å². The van der Waals surface area contributed by atoms with Gasteiger partial charge in [-0.3, -0.25) is 9.78 Å². The number of furan rings is 1. The Morgan fingerprint density at radius 3 is 2.95 bits per heavy atom. The molecule has 0 aliphatic heterocycles. The standard InChI is InChI=1S/C15H15N3O2/c1-12-5-9-20-14(12)15(19)18(8-3-6-16)11-13-4-2-7-17-10-13/h2,4-5,7,9-10H,3,8,11H2,1H3. The van der Waals surface area contributed by atoms with Crippen LogP contribution < -0.4 is 0 Å². The van der Waals surface area contributed by atoms with Crippen molar-refractivity contribution in [3.8, 4) is 6.07 Å². The molecular formula is C15H15N3O2. The number of hydrogen-bond acceptors (Lipinski definition) is 4. The van der Waals surface area contributed by atoms with E-state index < -0.39 is 0 Å². The Balaban J connectivity index is 2.17. The van der Waals surface area contributed by atoms with E-state index in [2.05, 4.69) is 11.1 Å². The molecule has 2 aromatic rings. The Kier molecular flexibility index (Phi) is 4.51. The Labute approximate surface area is 117 Å². The van der Waals surface area contributed by atoms with Gasteiger partial charge in [0.15, 0.2) is 5.76 Å². The maximum Gasteiger partial charge on any atom is 0.290 e. The summed E-state index contributed by atoms with van der Waals surface area (Å²) in [6, 6.07) is 7.53. The molecule has 0 atom stereocenters. The average Bonchev–Trinajstić information content (AvgIpc) is 2.90. The first-order chi connectivity index (χ1) is 9.72. The molecule has 20 heavy (non-hydrogen) atoms. The van der Waals surface area contributed by atoms with Gasteiger partial charge in [-0.05, 0) is 24.6 Å². The summed E-state index contributed by atoms with van der Waals surface area (Å²) in [6.07, 6.45) is 5.17. The number of carbonyl (C=O) groups excluding carboxylic acids is 1. The minimum Gasteiger partial charge on any atom is -0.459 e. The van der Waals surface area contributed by atoms with Gasteiger partial charge < -0.3 is 9.32 Å². The molecule has 5 heteroatoms. The van der Waals surface area contributed by atoms with Crippen molar-refractivity contribution in [1.29, 1.82) is 5.26 Å². The zero-order chi connectivity index (χ0) is 14.4. The van der Waals surface area contributed by atoms with E-state index in [0.717, 1.165) is 11.1 Å². The number of hydrogen-bond donors (Lipinski definition) is 0. The summed E-state index contributed by atoms with van der Waals surface area (Å²) in [5, 5.41) is 8.72. The number of aromatic nitrogens is 1. The fourth-order valence-corrected chi connectivity index (χ4v) is 1.88. The average molecular weight is 269 g/mol. The highest BCUT2D eigenvalue weighted by molar-refractivity contribution is 5.92. The highest BCUT2D eigenvalue weighted by atomic mass is 16.3. The first kappa shape index (κ1) is 13.8. The predicted molar refractivity (Wildman–Crippen MR) is 72.7 cm³/mol. The summed E-state index contributed by atoms with van der Waals surface area (Å²) in [7, 11) is 0. The van der Waals surface area contributed by atoms with Crippen LogP contribution in [0.5, 0.6) is 0 Å². The molecule has 0 saturated heterocycles. The highest BCUT2D eigenvalue weighted by Crippen LogP contribution is 2.14. The molecule has 0 N–H and O–H groups in total. The van der Waals surface area contributed by atoms with Crippen LogP contribution in [0.4, 0.5) is 0 Å². The maximum absolute atomic E-state index is 12.4. The van der Waals surface area contributed by atoms with Crippen LogP contribution in [-0.2, 0) is 6.54 Å². The molecule has 5 nitrogen and oxygen atoms in total. The molecule has 2 heterocycles. The predicted octanol–water partition coefficient (Wildman–Crippen LogP) is 2.54. The Morgan fingerprint density at radius 2 is 2.35 bits per heavy atom. The molecule has 1 amide bonds. The van der Waals surface area contributed by atoms with E-state index in [4.69, 9.17) is 9.68 Å². The summed E-state index contributed by atoms with van der Waals surface area (Å²) in [4.78, 5) is 18.1. The number of amides is 1. The van der Waals surface area contributed by atoms with E-state index in [1.165, 1.54) is 6.26 Å². The van der Waals surface area contributed by atoms with E-state index in [9.17, 15) is 4.79 Å². The second-order valence-corrected chi connectivity index (χ2v) is 4.43. The van der Waals surface area contributed by atoms with Crippen molar-refractivity contribution in [2.24, 2.45) is 0 Å². The minimum absolute atomic E-state index is 0.202. The molecule has 0 spiro atoms. The second kappa shape index (κ2) is 6.53. The quantitative estimate of drug-likeness (QED) is 0.836. The monoisotopic (exact) mass is 269 g/mol. The lowest BCUT2D eigenvalue weighted by Gasteiger charge is -2.20. The van der Waals surface area contributed by atoms with E-state index in [1.54, 1.807) is 23.4 Å². The number of nitriles is 1. The first-order valence-corrected chi connectivity index (χ1v) is 6.31. The lowest BCUT2D eigenvalue weighted by Crippen LogP contribution is -2.31. The Hall–Kier alpha value is -2.61. The molecule has 0 aliphatic rings. The topological polar surface area (TPSA) is 70.1 Å². The van der Waals surface area contributed by atoms with Crippen molar-refractivity contribution >= 4 is 5.91 Å². The third-order valence-electron chi connectivity index (χ3n) is 2.93. The number of pyridine rings is 1. The summed E-state index contributed by atoms with van der Waals surface area (Å²) >= 11 is 0. The largest absolute Gasteiger partial charge is 0.459 e. The van der Waals surface area contributed by atoms with Gasteiger partial charge in [0.2, 0.25) is 0 Å². The minimum atomic E-state index is -0.202. The number of carbonyl (C=O) groups is 1. The third kappa shape index (κ3) is 3.23. The summed E-state index contributed by atoms with van der Waals surface area (Å²) in [5.41, 5.74) is 1.71. The lowest BCUT2D eigenvalue weighted by molar-refractivity contribution is 0.0713. The normalized spacial score (nSPS) is 10.0. The Bertz CT molecular complexity index is 614. The van der Waals surface area contributed by atoms with E-state index in [0.29, 0.717) is 18.8 Å². The molecule has 2 aromatic heterocycles. The number of rotatable bonds is 5. The lowest BCUT2D eigenvalue weighted by atomic mass is 10.2. The van der Waals surface area contributed by atoms with Crippen LogP contribution in [0.3, 0.4) is 0 Å². The summed E-state index contributed by atoms with van der Waals surface area (Å²) in [5.74, 6) is 0.124. The van der Waals surface area contributed by atoms with Crippen molar-refractivity contribution in [1.82, 2.24) is 9.88 Å². The van der Waals surface area contributed by atoms with Crippen LogP contribution in [0.2, 0.25) is 0 Å². The van der Waals surface area contributed by atoms with Crippen LogP contribution in [0.15, 0.2) is 41.3 Å². The molecular weight excluding hydrogens is 254 g/mol.